The molecule has 102 valence electrons. The second-order valence-electron chi connectivity index (χ2n) is 5.32. The van der Waals surface area contributed by atoms with E-state index in [0.29, 0.717) is 25.2 Å². The molecule has 1 aromatic rings. The molecule has 1 saturated carbocycles. The first-order chi connectivity index (χ1) is 9.29. The zero-order valence-corrected chi connectivity index (χ0v) is 11.7. The van der Waals surface area contributed by atoms with Crippen molar-refractivity contribution in [3.8, 4) is 11.8 Å². The second-order valence-corrected chi connectivity index (χ2v) is 5.32. The molecule has 0 bridgehead atoms. The Morgan fingerprint density at radius 3 is 2.95 bits per heavy atom. The summed E-state index contributed by atoms with van der Waals surface area (Å²) >= 11 is 0. The minimum atomic E-state index is 0.403. The molecule has 0 heterocycles. The maximum absolute atomic E-state index is 6.07. The third-order valence-corrected chi connectivity index (χ3v) is 3.76. The van der Waals surface area contributed by atoms with E-state index in [1.807, 2.05) is 12.1 Å². The van der Waals surface area contributed by atoms with Crippen molar-refractivity contribution in [1.29, 1.82) is 0 Å². The van der Waals surface area contributed by atoms with E-state index < -0.39 is 0 Å². The normalized spacial score (nSPS) is 22.6. The summed E-state index contributed by atoms with van der Waals surface area (Å²) in [6, 6.07) is 8.23. The van der Waals surface area contributed by atoms with Gasteiger partial charge < -0.3 is 10.5 Å². The molecule has 2 heteroatoms. The Bertz CT molecular complexity index is 458. The first kappa shape index (κ1) is 14.1. The van der Waals surface area contributed by atoms with Gasteiger partial charge in [0.15, 0.2) is 0 Å². The van der Waals surface area contributed by atoms with Gasteiger partial charge in [0.25, 0.3) is 0 Å². The highest BCUT2D eigenvalue weighted by Gasteiger charge is 2.21. The Labute approximate surface area is 116 Å². The predicted octanol–water partition coefficient (Wildman–Crippen LogP) is 3.09. The van der Waals surface area contributed by atoms with Gasteiger partial charge in [-0.2, -0.15) is 0 Å². The molecule has 1 aliphatic carbocycles. The zero-order chi connectivity index (χ0) is 13.5. The molecular formula is C17H23NO. The summed E-state index contributed by atoms with van der Waals surface area (Å²) in [5.74, 6) is 6.63. The molecule has 2 rings (SSSR count). The minimum absolute atomic E-state index is 0.403. The third kappa shape index (κ3) is 4.38. The Morgan fingerprint density at radius 2 is 2.16 bits per heavy atom. The van der Waals surface area contributed by atoms with Crippen LogP contribution in [0.25, 0.3) is 0 Å². The van der Waals surface area contributed by atoms with Gasteiger partial charge in [-0.25, -0.2) is 0 Å². The lowest BCUT2D eigenvalue weighted by atomic mass is 9.88. The smallest absolute Gasteiger partial charge is 0.0721 e. The molecule has 19 heavy (non-hydrogen) atoms. The van der Waals surface area contributed by atoms with Crippen LogP contribution in [-0.2, 0) is 11.3 Å². The van der Waals surface area contributed by atoms with Gasteiger partial charge in [-0.05, 0) is 36.5 Å². The first-order valence-electron chi connectivity index (χ1n) is 7.19. The number of rotatable bonds is 3. The van der Waals surface area contributed by atoms with Crippen LogP contribution in [0.15, 0.2) is 24.3 Å². The van der Waals surface area contributed by atoms with Crippen LogP contribution < -0.4 is 5.73 Å². The van der Waals surface area contributed by atoms with Crippen LogP contribution in [-0.4, -0.2) is 12.6 Å². The van der Waals surface area contributed by atoms with Crippen molar-refractivity contribution in [3.05, 3.63) is 35.4 Å². The summed E-state index contributed by atoms with van der Waals surface area (Å²) in [4.78, 5) is 0. The van der Waals surface area contributed by atoms with Crippen molar-refractivity contribution in [2.75, 3.05) is 6.54 Å². The zero-order valence-electron chi connectivity index (χ0n) is 11.7. The van der Waals surface area contributed by atoms with Gasteiger partial charge in [0.05, 0.1) is 19.3 Å². The van der Waals surface area contributed by atoms with E-state index in [9.17, 15) is 0 Å². The summed E-state index contributed by atoms with van der Waals surface area (Å²) in [6.07, 6.45) is 5.58. The average Bonchev–Trinajstić information content (AvgIpc) is 2.45. The molecule has 0 spiro atoms. The lowest BCUT2D eigenvalue weighted by Crippen LogP contribution is -2.25. The highest BCUT2D eigenvalue weighted by atomic mass is 16.5. The molecule has 0 amide bonds. The maximum Gasteiger partial charge on any atom is 0.0721 e. The Balaban J connectivity index is 1.91. The Morgan fingerprint density at radius 1 is 1.32 bits per heavy atom. The van der Waals surface area contributed by atoms with Crippen LogP contribution in [0.3, 0.4) is 0 Å². The number of hydrogen-bond acceptors (Lipinski definition) is 2. The fraction of sp³-hybridized carbons (Fsp3) is 0.529. The summed E-state index contributed by atoms with van der Waals surface area (Å²) in [5.41, 5.74) is 7.60. The van der Waals surface area contributed by atoms with Gasteiger partial charge in [-0.1, -0.05) is 43.7 Å². The van der Waals surface area contributed by atoms with Gasteiger partial charge in [-0.3, -0.25) is 0 Å². The number of benzene rings is 1. The van der Waals surface area contributed by atoms with Crippen LogP contribution in [0.5, 0.6) is 0 Å². The lowest BCUT2D eigenvalue weighted by molar-refractivity contribution is -0.0154. The molecule has 0 saturated heterocycles. The monoisotopic (exact) mass is 257 g/mol. The van der Waals surface area contributed by atoms with E-state index in [1.54, 1.807) is 0 Å². The number of hydrogen-bond donors (Lipinski definition) is 1. The van der Waals surface area contributed by atoms with Crippen molar-refractivity contribution >= 4 is 0 Å². The quantitative estimate of drug-likeness (QED) is 0.845. The molecule has 0 aromatic heterocycles. The van der Waals surface area contributed by atoms with E-state index >= 15 is 0 Å². The molecule has 2 nitrogen and oxygen atoms in total. The van der Waals surface area contributed by atoms with Crippen LogP contribution >= 0.6 is 0 Å². The topological polar surface area (TPSA) is 35.2 Å². The third-order valence-electron chi connectivity index (χ3n) is 3.76. The van der Waals surface area contributed by atoms with Crippen molar-refractivity contribution in [2.45, 2.75) is 45.3 Å². The van der Waals surface area contributed by atoms with Gasteiger partial charge in [0.1, 0.15) is 0 Å². The molecule has 1 aromatic carbocycles. The van der Waals surface area contributed by atoms with E-state index in [2.05, 4.69) is 30.9 Å². The SMILES string of the molecule is CC1CCCCC1OCc1cccc(C#CCN)c1. The number of ether oxygens (including phenoxy) is 1. The van der Waals surface area contributed by atoms with Crippen molar-refractivity contribution in [2.24, 2.45) is 11.7 Å². The second kappa shape index (κ2) is 7.33. The fourth-order valence-electron chi connectivity index (χ4n) is 2.63. The highest BCUT2D eigenvalue weighted by molar-refractivity contribution is 5.37. The predicted molar refractivity (Wildman–Crippen MR) is 78.6 cm³/mol. The molecule has 0 aliphatic heterocycles. The van der Waals surface area contributed by atoms with Crippen molar-refractivity contribution in [1.82, 2.24) is 0 Å². The lowest BCUT2D eigenvalue weighted by Gasteiger charge is -2.28. The Hall–Kier alpha value is -1.30. The standard InChI is InChI=1S/C17H23NO/c1-14-6-2-3-10-17(14)19-13-16-8-4-7-15(12-16)9-5-11-18/h4,7-8,12,14,17H,2-3,6,10-11,13,18H2,1H3. The van der Waals surface area contributed by atoms with Crippen molar-refractivity contribution in [3.63, 3.8) is 0 Å². The summed E-state index contributed by atoms with van der Waals surface area (Å²) in [5, 5.41) is 0. The molecular weight excluding hydrogens is 234 g/mol. The van der Waals surface area contributed by atoms with Gasteiger partial charge in [0.2, 0.25) is 0 Å². The van der Waals surface area contributed by atoms with Crippen LogP contribution in [0.1, 0.15) is 43.7 Å². The largest absolute Gasteiger partial charge is 0.373 e. The summed E-state index contributed by atoms with van der Waals surface area (Å²) < 4.78 is 6.07. The van der Waals surface area contributed by atoms with Crippen LogP contribution in [0.2, 0.25) is 0 Å². The van der Waals surface area contributed by atoms with E-state index in [4.69, 9.17) is 10.5 Å². The molecule has 0 radical (unpaired) electrons. The molecule has 2 atom stereocenters. The van der Waals surface area contributed by atoms with E-state index in [-0.39, 0.29) is 0 Å². The van der Waals surface area contributed by atoms with Gasteiger partial charge in [0, 0.05) is 5.56 Å². The van der Waals surface area contributed by atoms with Crippen LogP contribution in [0.4, 0.5) is 0 Å². The highest BCUT2D eigenvalue weighted by Crippen LogP contribution is 2.27. The minimum Gasteiger partial charge on any atom is -0.373 e. The summed E-state index contributed by atoms with van der Waals surface area (Å²) in [7, 11) is 0. The van der Waals surface area contributed by atoms with Crippen LogP contribution in [0, 0.1) is 17.8 Å². The van der Waals surface area contributed by atoms with Gasteiger partial charge >= 0.3 is 0 Å². The molecule has 2 unspecified atom stereocenters. The number of nitrogens with two attached hydrogens (primary N) is 1. The summed E-state index contributed by atoms with van der Waals surface area (Å²) in [6.45, 7) is 3.39. The molecule has 1 aliphatic rings. The molecule has 1 fully saturated rings. The average molecular weight is 257 g/mol. The fourth-order valence-corrected chi connectivity index (χ4v) is 2.63. The van der Waals surface area contributed by atoms with Crippen molar-refractivity contribution < 1.29 is 4.74 Å². The maximum atomic E-state index is 6.07. The Kier molecular flexibility index (Phi) is 5.44. The van der Waals surface area contributed by atoms with E-state index in [1.165, 1.54) is 31.2 Å². The first-order valence-corrected chi connectivity index (χ1v) is 7.19. The molecule has 2 N–H and O–H groups in total. The van der Waals surface area contributed by atoms with E-state index in [0.717, 1.165) is 5.56 Å². The van der Waals surface area contributed by atoms with Gasteiger partial charge in [-0.15, -0.1) is 0 Å².